The van der Waals surface area contributed by atoms with Crippen LogP contribution in [0, 0.1) is 0 Å². The minimum absolute atomic E-state index is 0.00597. The first-order valence-electron chi connectivity index (χ1n) is 4.31. The molecule has 0 aromatic carbocycles. The van der Waals surface area contributed by atoms with Gasteiger partial charge in [-0.15, -0.1) is 0 Å². The molecule has 0 aliphatic carbocycles. The Hall–Kier alpha value is -1.31. The van der Waals surface area contributed by atoms with Gasteiger partial charge in [0.05, 0.1) is 0 Å². The maximum absolute atomic E-state index is 11.2. The summed E-state index contributed by atoms with van der Waals surface area (Å²) >= 11 is 0. The lowest BCUT2D eigenvalue weighted by Gasteiger charge is -2.18. The molecule has 0 saturated heterocycles. The number of pyridine rings is 1. The van der Waals surface area contributed by atoms with E-state index in [1.165, 1.54) is 0 Å². The third-order valence-electron chi connectivity index (χ3n) is 1.95. The van der Waals surface area contributed by atoms with E-state index in [0.717, 1.165) is 11.3 Å². The Morgan fingerprint density at radius 2 is 2.00 bits per heavy atom. The van der Waals surface area contributed by atoms with Crippen LogP contribution in [0.2, 0.25) is 0 Å². The molecular formula is C11H15NO. The number of H-pyrrole nitrogens is 1. The van der Waals surface area contributed by atoms with Crippen LogP contribution in [0.1, 0.15) is 32.0 Å². The summed E-state index contributed by atoms with van der Waals surface area (Å²) in [5, 5.41) is 0. The molecule has 13 heavy (non-hydrogen) atoms. The molecule has 70 valence electrons. The molecule has 0 bridgehead atoms. The van der Waals surface area contributed by atoms with Gasteiger partial charge < -0.3 is 4.98 Å². The SMILES string of the molecule is C=Cc1cc(C(C)(C)C)cc(=O)[nH]1. The van der Waals surface area contributed by atoms with Crippen LogP contribution < -0.4 is 5.56 Å². The van der Waals surface area contributed by atoms with Crippen LogP contribution in [0.4, 0.5) is 0 Å². The molecule has 0 aliphatic rings. The van der Waals surface area contributed by atoms with E-state index in [4.69, 9.17) is 0 Å². The zero-order valence-electron chi connectivity index (χ0n) is 8.35. The first-order valence-corrected chi connectivity index (χ1v) is 4.31. The quantitative estimate of drug-likeness (QED) is 0.701. The van der Waals surface area contributed by atoms with Gasteiger partial charge in [0.1, 0.15) is 0 Å². The van der Waals surface area contributed by atoms with Crippen molar-refractivity contribution in [2.75, 3.05) is 0 Å². The van der Waals surface area contributed by atoms with Crippen molar-refractivity contribution >= 4 is 6.08 Å². The van der Waals surface area contributed by atoms with Gasteiger partial charge in [0.15, 0.2) is 0 Å². The second kappa shape index (κ2) is 3.21. The zero-order valence-corrected chi connectivity index (χ0v) is 8.35. The molecule has 2 nitrogen and oxygen atoms in total. The molecule has 0 atom stereocenters. The van der Waals surface area contributed by atoms with E-state index in [9.17, 15) is 4.79 Å². The summed E-state index contributed by atoms with van der Waals surface area (Å²) in [5.41, 5.74) is 1.75. The van der Waals surface area contributed by atoms with Crippen molar-refractivity contribution in [3.05, 3.63) is 40.3 Å². The molecular weight excluding hydrogens is 162 g/mol. The summed E-state index contributed by atoms with van der Waals surface area (Å²) in [4.78, 5) is 13.9. The minimum atomic E-state index is -0.0673. The maximum atomic E-state index is 11.2. The molecule has 1 N–H and O–H groups in total. The molecule has 0 spiro atoms. The summed E-state index contributed by atoms with van der Waals surface area (Å²) in [5.74, 6) is 0. The highest BCUT2D eigenvalue weighted by Crippen LogP contribution is 2.20. The van der Waals surface area contributed by atoms with Crippen LogP contribution in [0.25, 0.3) is 6.08 Å². The largest absolute Gasteiger partial charge is 0.323 e. The smallest absolute Gasteiger partial charge is 0.248 e. The number of aromatic amines is 1. The summed E-state index contributed by atoms with van der Waals surface area (Å²) in [6.07, 6.45) is 1.65. The van der Waals surface area contributed by atoms with E-state index in [2.05, 4.69) is 32.3 Å². The zero-order chi connectivity index (χ0) is 10.1. The van der Waals surface area contributed by atoms with Crippen LogP contribution >= 0.6 is 0 Å². The van der Waals surface area contributed by atoms with Crippen molar-refractivity contribution in [3.63, 3.8) is 0 Å². The predicted octanol–water partition coefficient (Wildman–Crippen LogP) is 2.32. The van der Waals surface area contributed by atoms with E-state index in [0.29, 0.717) is 0 Å². The average Bonchev–Trinajstić information content (AvgIpc) is 2.01. The van der Waals surface area contributed by atoms with Crippen molar-refractivity contribution in [2.24, 2.45) is 0 Å². The van der Waals surface area contributed by atoms with E-state index >= 15 is 0 Å². The molecule has 2 heteroatoms. The Morgan fingerprint density at radius 3 is 2.46 bits per heavy atom. The fourth-order valence-electron chi connectivity index (χ4n) is 1.11. The van der Waals surface area contributed by atoms with Gasteiger partial charge in [-0.2, -0.15) is 0 Å². The molecule has 1 heterocycles. The number of hydrogen-bond donors (Lipinski definition) is 1. The van der Waals surface area contributed by atoms with E-state index in [1.54, 1.807) is 12.1 Å². The molecule has 0 saturated carbocycles. The molecule has 0 radical (unpaired) electrons. The van der Waals surface area contributed by atoms with Crippen molar-refractivity contribution in [2.45, 2.75) is 26.2 Å². The first-order chi connectivity index (χ1) is 5.93. The summed E-state index contributed by atoms with van der Waals surface area (Å²) in [7, 11) is 0. The van der Waals surface area contributed by atoms with Crippen LogP contribution in [0.3, 0.4) is 0 Å². The van der Waals surface area contributed by atoms with Crippen LogP contribution in [-0.2, 0) is 5.41 Å². The third kappa shape index (κ3) is 2.31. The lowest BCUT2D eigenvalue weighted by atomic mass is 9.87. The monoisotopic (exact) mass is 177 g/mol. The highest BCUT2D eigenvalue weighted by molar-refractivity contribution is 5.43. The van der Waals surface area contributed by atoms with Gasteiger partial charge in [-0.3, -0.25) is 4.79 Å². The van der Waals surface area contributed by atoms with Gasteiger partial charge in [-0.1, -0.05) is 27.4 Å². The molecule has 0 fully saturated rings. The van der Waals surface area contributed by atoms with Gasteiger partial charge in [0, 0.05) is 11.8 Å². The number of nitrogens with one attached hydrogen (secondary N) is 1. The average molecular weight is 177 g/mol. The van der Waals surface area contributed by atoms with E-state index < -0.39 is 0 Å². The van der Waals surface area contributed by atoms with Gasteiger partial charge in [-0.05, 0) is 23.1 Å². The Bertz CT molecular complexity index is 368. The molecule has 0 amide bonds. The minimum Gasteiger partial charge on any atom is -0.323 e. The van der Waals surface area contributed by atoms with Crippen LogP contribution in [-0.4, -0.2) is 4.98 Å². The standard InChI is InChI=1S/C11H15NO/c1-5-9-6-8(11(2,3)4)7-10(13)12-9/h5-7H,1H2,2-4H3,(H,12,13). The Morgan fingerprint density at radius 1 is 1.38 bits per heavy atom. The van der Waals surface area contributed by atoms with Crippen molar-refractivity contribution < 1.29 is 0 Å². The van der Waals surface area contributed by atoms with Gasteiger partial charge in [-0.25, -0.2) is 0 Å². The van der Waals surface area contributed by atoms with Gasteiger partial charge >= 0.3 is 0 Å². The van der Waals surface area contributed by atoms with E-state index in [-0.39, 0.29) is 11.0 Å². The first kappa shape index (κ1) is 9.78. The Labute approximate surface area is 78.3 Å². The lowest BCUT2D eigenvalue weighted by molar-refractivity contribution is 0.588. The second-order valence-corrected chi connectivity index (χ2v) is 4.14. The predicted molar refractivity (Wildman–Crippen MR) is 55.9 cm³/mol. The fourth-order valence-corrected chi connectivity index (χ4v) is 1.11. The summed E-state index contributed by atoms with van der Waals surface area (Å²) in [6.45, 7) is 9.86. The molecule has 1 rings (SSSR count). The Balaban J connectivity index is 3.32. The molecule has 1 aromatic heterocycles. The summed E-state index contributed by atoms with van der Waals surface area (Å²) in [6, 6.07) is 3.58. The van der Waals surface area contributed by atoms with Crippen LogP contribution in [0.15, 0.2) is 23.5 Å². The molecule has 0 aliphatic heterocycles. The van der Waals surface area contributed by atoms with Crippen molar-refractivity contribution in [1.29, 1.82) is 0 Å². The molecule has 1 aromatic rings. The highest BCUT2D eigenvalue weighted by Gasteiger charge is 2.14. The van der Waals surface area contributed by atoms with Crippen molar-refractivity contribution in [3.8, 4) is 0 Å². The van der Waals surface area contributed by atoms with Gasteiger partial charge in [0.2, 0.25) is 5.56 Å². The van der Waals surface area contributed by atoms with Crippen molar-refractivity contribution in [1.82, 2.24) is 4.98 Å². The number of rotatable bonds is 1. The fraction of sp³-hybridized carbons (Fsp3) is 0.364. The molecule has 0 unspecified atom stereocenters. The number of hydrogen-bond acceptors (Lipinski definition) is 1. The normalized spacial score (nSPS) is 11.3. The van der Waals surface area contributed by atoms with E-state index in [1.807, 2.05) is 6.07 Å². The second-order valence-electron chi connectivity index (χ2n) is 4.14. The lowest BCUT2D eigenvalue weighted by Crippen LogP contribution is -2.17. The maximum Gasteiger partial charge on any atom is 0.248 e. The third-order valence-corrected chi connectivity index (χ3v) is 1.95. The van der Waals surface area contributed by atoms with Gasteiger partial charge in [0.25, 0.3) is 0 Å². The van der Waals surface area contributed by atoms with Crippen LogP contribution in [0.5, 0.6) is 0 Å². The highest BCUT2D eigenvalue weighted by atomic mass is 16.1. The summed E-state index contributed by atoms with van der Waals surface area (Å²) < 4.78 is 0. The topological polar surface area (TPSA) is 32.9 Å². The number of aromatic nitrogens is 1. The Kier molecular flexibility index (Phi) is 2.41.